The lowest BCUT2D eigenvalue weighted by molar-refractivity contribution is -0.137. The molecule has 2 aromatic heterocycles. The van der Waals surface area contributed by atoms with Gasteiger partial charge in [-0.1, -0.05) is 41.9 Å². The van der Waals surface area contributed by atoms with Gasteiger partial charge >= 0.3 is 6.18 Å². The van der Waals surface area contributed by atoms with Gasteiger partial charge in [0.2, 0.25) is 5.91 Å². The Morgan fingerprint density at radius 2 is 1.81 bits per heavy atom. The average Bonchev–Trinajstić information content (AvgIpc) is 3.17. The van der Waals surface area contributed by atoms with Gasteiger partial charge in [0, 0.05) is 23.6 Å². The summed E-state index contributed by atoms with van der Waals surface area (Å²) in [5.41, 5.74) is 0.100. The maximum Gasteiger partial charge on any atom is 0.417 e. The van der Waals surface area contributed by atoms with Crippen molar-refractivity contribution in [1.82, 2.24) is 14.2 Å². The van der Waals surface area contributed by atoms with Crippen LogP contribution in [-0.2, 0) is 17.5 Å². The minimum atomic E-state index is -4.65. The second-order valence-electron chi connectivity index (χ2n) is 6.70. The molecule has 0 atom stereocenters. The van der Waals surface area contributed by atoms with E-state index < -0.39 is 28.2 Å². The summed E-state index contributed by atoms with van der Waals surface area (Å²) in [6.07, 6.45) is -1.74. The predicted octanol–water partition coefficient (Wildman–Crippen LogP) is 4.47. The van der Waals surface area contributed by atoms with Crippen LogP contribution in [0.25, 0.3) is 16.8 Å². The Bertz CT molecular complexity index is 1330. The van der Waals surface area contributed by atoms with Crippen LogP contribution in [0.5, 0.6) is 0 Å². The van der Waals surface area contributed by atoms with Gasteiger partial charge < -0.3 is 9.88 Å². The summed E-state index contributed by atoms with van der Waals surface area (Å²) in [5.74, 6) is -0.662. The summed E-state index contributed by atoms with van der Waals surface area (Å²) in [6, 6.07) is 13.9. The third kappa shape index (κ3) is 4.31. The van der Waals surface area contributed by atoms with Crippen LogP contribution >= 0.6 is 11.6 Å². The molecule has 0 aliphatic rings. The normalized spacial score (nSPS) is 11.6. The van der Waals surface area contributed by atoms with Gasteiger partial charge in [-0.3, -0.25) is 9.59 Å². The number of carbonyl (C=O) groups excluding carboxylic acids is 1. The third-order valence-corrected chi connectivity index (χ3v) is 4.87. The molecule has 0 fully saturated rings. The van der Waals surface area contributed by atoms with Crippen LogP contribution in [0.3, 0.4) is 0 Å². The fraction of sp³-hybridized carbons (Fsp3) is 0.0952. The number of hydrogen-bond donors (Lipinski definition) is 1. The second-order valence-corrected chi connectivity index (χ2v) is 7.10. The largest absolute Gasteiger partial charge is 0.417 e. The van der Waals surface area contributed by atoms with Crippen LogP contribution < -0.4 is 10.9 Å². The Hall–Kier alpha value is -3.59. The van der Waals surface area contributed by atoms with E-state index in [-0.39, 0.29) is 17.7 Å². The molecule has 0 aliphatic carbocycles. The lowest BCUT2D eigenvalue weighted by atomic mass is 10.1. The molecule has 6 nitrogen and oxygen atoms in total. The van der Waals surface area contributed by atoms with Gasteiger partial charge in [0.25, 0.3) is 5.56 Å². The molecule has 0 bridgehead atoms. The van der Waals surface area contributed by atoms with Gasteiger partial charge in [-0.25, -0.2) is 4.52 Å². The highest BCUT2D eigenvalue weighted by molar-refractivity contribution is 6.31. The number of rotatable bonds is 4. The second kappa shape index (κ2) is 7.92. The van der Waals surface area contributed by atoms with E-state index in [4.69, 9.17) is 11.6 Å². The average molecular weight is 447 g/mol. The molecule has 1 N–H and O–H groups in total. The van der Waals surface area contributed by atoms with Crippen LogP contribution in [-0.4, -0.2) is 20.1 Å². The number of carbonyl (C=O) groups is 1. The first kappa shape index (κ1) is 20.7. The van der Waals surface area contributed by atoms with E-state index in [2.05, 4.69) is 10.4 Å². The van der Waals surface area contributed by atoms with E-state index in [0.29, 0.717) is 5.69 Å². The summed E-state index contributed by atoms with van der Waals surface area (Å²) >= 11 is 5.58. The van der Waals surface area contributed by atoms with Crippen molar-refractivity contribution >= 4 is 28.7 Å². The van der Waals surface area contributed by atoms with Gasteiger partial charge in [0.05, 0.1) is 16.3 Å². The summed E-state index contributed by atoms with van der Waals surface area (Å²) in [7, 11) is 0. The molecule has 0 saturated heterocycles. The molecule has 0 unspecified atom stereocenters. The number of amides is 1. The molecule has 31 heavy (non-hydrogen) atoms. The smallest absolute Gasteiger partial charge is 0.325 e. The highest BCUT2D eigenvalue weighted by Gasteiger charge is 2.33. The summed E-state index contributed by atoms with van der Waals surface area (Å²) in [4.78, 5) is 25.1. The zero-order valence-corrected chi connectivity index (χ0v) is 16.5. The Balaban J connectivity index is 1.57. The van der Waals surface area contributed by atoms with Crippen molar-refractivity contribution < 1.29 is 18.0 Å². The van der Waals surface area contributed by atoms with E-state index >= 15 is 0 Å². The first-order valence-electron chi connectivity index (χ1n) is 9.03. The maximum atomic E-state index is 13.0. The lowest BCUT2D eigenvalue weighted by Gasteiger charge is -2.12. The Kier molecular flexibility index (Phi) is 5.28. The minimum absolute atomic E-state index is 0.0773. The fourth-order valence-electron chi connectivity index (χ4n) is 3.08. The number of benzene rings is 2. The number of halogens is 4. The van der Waals surface area contributed by atoms with Gasteiger partial charge in [-0.2, -0.15) is 18.3 Å². The molecular formula is C21H14ClF3N4O2. The molecule has 1 amide bonds. The molecule has 4 aromatic rings. The van der Waals surface area contributed by atoms with Crippen LogP contribution in [0, 0.1) is 0 Å². The number of fused-ring (bicyclic) bond motifs is 1. The number of anilines is 1. The fourth-order valence-corrected chi connectivity index (χ4v) is 3.30. The first-order valence-corrected chi connectivity index (χ1v) is 9.41. The Labute approximate surface area is 178 Å². The van der Waals surface area contributed by atoms with Crippen LogP contribution in [0.2, 0.25) is 5.02 Å². The van der Waals surface area contributed by atoms with Crippen molar-refractivity contribution in [2.75, 3.05) is 5.32 Å². The minimum Gasteiger partial charge on any atom is -0.325 e. The summed E-state index contributed by atoms with van der Waals surface area (Å²) in [6.45, 7) is -0.384. The van der Waals surface area contributed by atoms with Crippen LogP contribution in [0.4, 0.5) is 18.9 Å². The van der Waals surface area contributed by atoms with Crippen molar-refractivity contribution in [3.63, 3.8) is 0 Å². The summed E-state index contributed by atoms with van der Waals surface area (Å²) in [5, 5.41) is 6.24. The molecule has 0 radical (unpaired) electrons. The van der Waals surface area contributed by atoms with E-state index in [9.17, 15) is 22.8 Å². The molecule has 0 aliphatic heterocycles. The van der Waals surface area contributed by atoms with Crippen LogP contribution in [0.15, 0.2) is 71.8 Å². The molecule has 2 heterocycles. The molecule has 0 spiro atoms. The maximum absolute atomic E-state index is 13.0. The summed E-state index contributed by atoms with van der Waals surface area (Å²) < 4.78 is 41.5. The highest BCUT2D eigenvalue weighted by Crippen LogP contribution is 2.36. The predicted molar refractivity (Wildman–Crippen MR) is 110 cm³/mol. The standard InChI is InChI=1S/C21H14ClF3N4O2/c22-16-7-6-14(10-15(16)21(23,24)25)26-19(30)12-28-8-9-29-18(20(28)31)11-17(27-29)13-4-2-1-3-5-13/h1-11H,12H2,(H,26,30). The van der Waals surface area contributed by atoms with Crippen molar-refractivity contribution in [2.24, 2.45) is 0 Å². The highest BCUT2D eigenvalue weighted by atomic mass is 35.5. The topological polar surface area (TPSA) is 68.4 Å². The van der Waals surface area contributed by atoms with Crippen molar-refractivity contribution in [3.8, 4) is 11.3 Å². The SMILES string of the molecule is O=C(Cn1ccn2nc(-c3ccccc3)cc2c1=O)Nc1ccc(Cl)c(C(F)(F)F)c1. The van der Waals surface area contributed by atoms with Gasteiger partial charge in [0.1, 0.15) is 12.1 Å². The number of hydrogen-bond acceptors (Lipinski definition) is 3. The van der Waals surface area contributed by atoms with Crippen molar-refractivity contribution in [1.29, 1.82) is 0 Å². The zero-order valence-electron chi connectivity index (χ0n) is 15.7. The molecule has 0 saturated carbocycles. The van der Waals surface area contributed by atoms with Gasteiger partial charge in [-0.15, -0.1) is 0 Å². The van der Waals surface area contributed by atoms with E-state index in [1.54, 1.807) is 6.07 Å². The molecular weight excluding hydrogens is 433 g/mol. The Morgan fingerprint density at radius 1 is 1.06 bits per heavy atom. The molecule has 158 valence electrons. The Morgan fingerprint density at radius 3 is 2.52 bits per heavy atom. The zero-order chi connectivity index (χ0) is 22.2. The van der Waals surface area contributed by atoms with Crippen molar-refractivity contribution in [2.45, 2.75) is 12.7 Å². The van der Waals surface area contributed by atoms with E-state index in [1.807, 2.05) is 30.3 Å². The number of nitrogens with one attached hydrogen (secondary N) is 1. The van der Waals surface area contributed by atoms with Gasteiger partial charge in [0.15, 0.2) is 0 Å². The first-order chi connectivity index (χ1) is 14.7. The van der Waals surface area contributed by atoms with Crippen molar-refractivity contribution in [3.05, 3.63) is 87.9 Å². The van der Waals surface area contributed by atoms with Crippen LogP contribution in [0.1, 0.15) is 5.56 Å². The van der Waals surface area contributed by atoms with Gasteiger partial charge in [-0.05, 0) is 24.3 Å². The molecule has 4 rings (SSSR count). The monoisotopic (exact) mass is 446 g/mol. The third-order valence-electron chi connectivity index (χ3n) is 4.54. The number of aromatic nitrogens is 3. The molecule has 2 aromatic carbocycles. The molecule has 10 heteroatoms. The van der Waals surface area contributed by atoms with E-state index in [1.165, 1.54) is 23.0 Å². The number of alkyl halides is 3. The number of nitrogens with zero attached hydrogens (tertiary/aromatic N) is 3. The van der Waals surface area contributed by atoms with E-state index in [0.717, 1.165) is 22.3 Å². The lowest BCUT2D eigenvalue weighted by Crippen LogP contribution is -2.28. The quantitative estimate of drug-likeness (QED) is 0.503.